The quantitative estimate of drug-likeness (QED) is 0.417. The molecule has 2 N–H and O–H groups in total. The van der Waals surface area contributed by atoms with Gasteiger partial charge in [-0.25, -0.2) is 4.79 Å². The summed E-state index contributed by atoms with van der Waals surface area (Å²) in [6, 6.07) is 8.63. The van der Waals surface area contributed by atoms with Gasteiger partial charge in [0.1, 0.15) is 6.10 Å². The van der Waals surface area contributed by atoms with Crippen molar-refractivity contribution in [3.63, 3.8) is 0 Å². The van der Waals surface area contributed by atoms with E-state index in [0.29, 0.717) is 6.04 Å². The van der Waals surface area contributed by atoms with Crippen LogP contribution in [0, 0.1) is 6.92 Å². The third-order valence-electron chi connectivity index (χ3n) is 7.01. The summed E-state index contributed by atoms with van der Waals surface area (Å²) in [7, 11) is 2.21. The second kappa shape index (κ2) is 15.2. The van der Waals surface area contributed by atoms with Crippen LogP contribution < -0.4 is 10.6 Å². The minimum atomic E-state index is -0.401. The number of ether oxygens (including phenoxy) is 1. The second-order valence-corrected chi connectivity index (χ2v) is 9.83. The Labute approximate surface area is 223 Å². The maximum Gasteiger partial charge on any atom is 0.411 e. The van der Waals surface area contributed by atoms with Crippen LogP contribution in [0.4, 0.5) is 4.79 Å². The molecule has 0 radical (unpaired) electrons. The molecule has 200 valence electrons. The molecule has 0 aliphatic carbocycles. The van der Waals surface area contributed by atoms with Gasteiger partial charge in [0, 0.05) is 44.6 Å². The Morgan fingerprint density at radius 3 is 2.92 bits per heavy atom. The molecular weight excluding hydrogens is 460 g/mol. The van der Waals surface area contributed by atoms with Gasteiger partial charge in [0.25, 0.3) is 0 Å². The number of hydrogen-bond acceptors (Lipinski definition) is 5. The molecule has 2 heterocycles. The number of benzene rings is 1. The minimum absolute atomic E-state index is 0.0690. The molecule has 3 rings (SSSR count). The van der Waals surface area contributed by atoms with Crippen molar-refractivity contribution in [1.29, 1.82) is 0 Å². The number of alkyl carbamates (subject to hydrolysis) is 1. The van der Waals surface area contributed by atoms with Crippen molar-refractivity contribution >= 4 is 11.7 Å². The Morgan fingerprint density at radius 2 is 2.14 bits per heavy atom. The molecule has 0 spiro atoms. The van der Waals surface area contributed by atoms with Crippen LogP contribution in [0.3, 0.4) is 0 Å². The molecule has 1 amide bonds. The number of nitrogens with one attached hydrogen (secondary N) is 2. The first-order chi connectivity index (χ1) is 18.0. The fourth-order valence-electron chi connectivity index (χ4n) is 4.83. The number of likely N-dealkylation sites (N-methyl/N-ethyl adjacent to an activating group) is 2. The zero-order valence-electron chi connectivity index (χ0n) is 22.8. The van der Waals surface area contributed by atoms with E-state index in [0.717, 1.165) is 75.1 Å². The summed E-state index contributed by atoms with van der Waals surface area (Å²) in [5.41, 5.74) is 4.42. The van der Waals surface area contributed by atoms with Crippen molar-refractivity contribution in [1.82, 2.24) is 20.4 Å². The van der Waals surface area contributed by atoms with Crippen LogP contribution in [-0.4, -0.2) is 67.8 Å². The summed E-state index contributed by atoms with van der Waals surface area (Å²) in [5.74, 6) is 0. The predicted molar refractivity (Wildman–Crippen MR) is 154 cm³/mol. The summed E-state index contributed by atoms with van der Waals surface area (Å²) < 4.78 is 5.82. The predicted octanol–water partition coefficient (Wildman–Crippen LogP) is 5.41. The van der Waals surface area contributed by atoms with E-state index in [4.69, 9.17) is 4.74 Å². The highest BCUT2D eigenvalue weighted by Crippen LogP contribution is 2.20. The maximum absolute atomic E-state index is 12.6. The number of rotatable bonds is 10. The Kier molecular flexibility index (Phi) is 11.7. The fraction of sp³-hybridized carbons (Fsp3) is 0.452. The van der Waals surface area contributed by atoms with E-state index in [9.17, 15) is 4.79 Å². The first kappa shape index (κ1) is 28.5. The van der Waals surface area contributed by atoms with Gasteiger partial charge in [0.2, 0.25) is 0 Å². The summed E-state index contributed by atoms with van der Waals surface area (Å²) in [5, 5.41) is 6.29. The van der Waals surface area contributed by atoms with E-state index >= 15 is 0 Å². The average molecular weight is 505 g/mol. The van der Waals surface area contributed by atoms with Crippen molar-refractivity contribution < 1.29 is 9.53 Å². The van der Waals surface area contributed by atoms with Gasteiger partial charge in [-0.05, 0) is 62.9 Å². The Bertz CT molecular complexity index is 1010. The zero-order chi connectivity index (χ0) is 26.5. The van der Waals surface area contributed by atoms with Crippen LogP contribution >= 0.6 is 0 Å². The highest BCUT2D eigenvalue weighted by molar-refractivity contribution is 5.78. The number of aryl methyl sites for hydroxylation is 1. The van der Waals surface area contributed by atoms with Crippen LogP contribution in [0.15, 0.2) is 79.2 Å². The molecule has 1 aromatic rings. The van der Waals surface area contributed by atoms with E-state index in [2.05, 4.69) is 78.3 Å². The van der Waals surface area contributed by atoms with Crippen LogP contribution in [-0.2, 0) is 4.74 Å². The SMILES string of the molecule is C=C/C=C\C(=C\NC(=O)OC1CCCN(CC2CC=CC=C(CNCC)N2C)CC1)c1cccc(C)c1. The Balaban J connectivity index is 1.52. The molecule has 6 heteroatoms. The largest absolute Gasteiger partial charge is 0.446 e. The summed E-state index contributed by atoms with van der Waals surface area (Å²) in [4.78, 5) is 17.6. The molecule has 1 aromatic carbocycles. The van der Waals surface area contributed by atoms with Gasteiger partial charge in [-0.2, -0.15) is 0 Å². The van der Waals surface area contributed by atoms with Crippen LogP contribution in [0.25, 0.3) is 5.57 Å². The molecule has 1 saturated heterocycles. The molecule has 1 fully saturated rings. The summed E-state index contributed by atoms with van der Waals surface area (Å²) in [6.45, 7) is 12.8. The number of allylic oxidation sites excluding steroid dienone is 6. The number of hydrogen-bond donors (Lipinski definition) is 2. The van der Waals surface area contributed by atoms with E-state index in [1.165, 1.54) is 5.70 Å². The Hall–Kier alpha value is -3.09. The molecule has 2 unspecified atom stereocenters. The standard InChI is InChI=1S/C31H44N4O2/c1-5-7-13-27(26-14-10-12-25(3)21-26)22-33-31(36)37-30-17-11-19-35(20-18-30)24-29-16-9-8-15-28(34(29)4)23-32-6-2/h5,7-10,12-15,21-22,29-30,32H,1,6,11,16-20,23-24H2,2-4H3,(H,33,36)/b13-7-,27-22-. The van der Waals surface area contributed by atoms with Crippen molar-refractivity contribution in [3.05, 3.63) is 90.3 Å². The molecule has 2 aliphatic rings. The smallest absolute Gasteiger partial charge is 0.411 e. The first-order valence-corrected chi connectivity index (χ1v) is 13.5. The van der Waals surface area contributed by atoms with Gasteiger partial charge in [-0.3, -0.25) is 5.32 Å². The normalized spacial score (nSPS) is 21.3. The van der Waals surface area contributed by atoms with E-state index in [1.807, 2.05) is 24.3 Å². The lowest BCUT2D eigenvalue weighted by molar-refractivity contribution is 0.0907. The zero-order valence-corrected chi connectivity index (χ0v) is 22.8. The maximum atomic E-state index is 12.6. The number of amides is 1. The topological polar surface area (TPSA) is 56.8 Å². The minimum Gasteiger partial charge on any atom is -0.446 e. The van der Waals surface area contributed by atoms with Crippen molar-refractivity contribution in [2.24, 2.45) is 0 Å². The third-order valence-corrected chi connectivity index (χ3v) is 7.01. The van der Waals surface area contributed by atoms with Crippen molar-refractivity contribution in [2.75, 3.05) is 39.8 Å². The highest BCUT2D eigenvalue weighted by Gasteiger charge is 2.24. The molecular formula is C31H44N4O2. The van der Waals surface area contributed by atoms with Gasteiger partial charge < -0.3 is 19.9 Å². The first-order valence-electron chi connectivity index (χ1n) is 13.5. The Morgan fingerprint density at radius 1 is 1.27 bits per heavy atom. The van der Waals surface area contributed by atoms with E-state index < -0.39 is 6.09 Å². The van der Waals surface area contributed by atoms with Crippen LogP contribution in [0.1, 0.15) is 43.7 Å². The molecule has 0 saturated carbocycles. The lowest BCUT2D eigenvalue weighted by atomic mass is 10.0. The second-order valence-electron chi connectivity index (χ2n) is 9.83. The highest BCUT2D eigenvalue weighted by atomic mass is 16.6. The average Bonchev–Trinajstić information content (AvgIpc) is 3.21. The molecule has 2 atom stereocenters. The fourth-order valence-corrected chi connectivity index (χ4v) is 4.83. The lowest BCUT2D eigenvalue weighted by Gasteiger charge is -2.34. The van der Waals surface area contributed by atoms with Crippen molar-refractivity contribution in [3.8, 4) is 0 Å². The lowest BCUT2D eigenvalue weighted by Crippen LogP contribution is -2.43. The van der Waals surface area contributed by atoms with Crippen LogP contribution in [0.5, 0.6) is 0 Å². The van der Waals surface area contributed by atoms with Gasteiger partial charge in [0.15, 0.2) is 0 Å². The van der Waals surface area contributed by atoms with E-state index in [1.54, 1.807) is 12.3 Å². The molecule has 0 bridgehead atoms. The van der Waals surface area contributed by atoms with Gasteiger partial charge >= 0.3 is 6.09 Å². The molecule has 0 aromatic heterocycles. The van der Waals surface area contributed by atoms with Crippen molar-refractivity contribution in [2.45, 2.75) is 51.7 Å². The summed E-state index contributed by atoms with van der Waals surface area (Å²) >= 11 is 0. The molecule has 6 nitrogen and oxygen atoms in total. The summed E-state index contributed by atoms with van der Waals surface area (Å²) in [6.07, 6.45) is 17.3. The monoisotopic (exact) mass is 504 g/mol. The molecule has 37 heavy (non-hydrogen) atoms. The number of likely N-dealkylation sites (tertiary alicyclic amines) is 1. The number of nitrogens with zero attached hydrogens (tertiary/aromatic N) is 2. The number of carbonyl (C=O) groups is 1. The van der Waals surface area contributed by atoms with Gasteiger partial charge in [-0.15, -0.1) is 0 Å². The molecule has 2 aliphatic heterocycles. The van der Waals surface area contributed by atoms with Gasteiger partial charge in [-0.1, -0.05) is 73.7 Å². The van der Waals surface area contributed by atoms with E-state index in [-0.39, 0.29) is 6.10 Å². The number of carbonyl (C=O) groups excluding carboxylic acids is 1. The van der Waals surface area contributed by atoms with Gasteiger partial charge in [0.05, 0.1) is 0 Å². The third kappa shape index (κ3) is 9.38. The van der Waals surface area contributed by atoms with Crippen LogP contribution in [0.2, 0.25) is 0 Å².